The highest BCUT2D eigenvalue weighted by molar-refractivity contribution is 6.00. The molecule has 0 bridgehead atoms. The van der Waals surface area contributed by atoms with Gasteiger partial charge in [-0.1, -0.05) is 25.9 Å². The third-order valence-corrected chi connectivity index (χ3v) is 6.24. The molecular formula is C27H31FN6O3. The molecule has 0 saturated carbocycles. The third-order valence-electron chi connectivity index (χ3n) is 6.24. The van der Waals surface area contributed by atoms with E-state index in [1.807, 2.05) is 33.8 Å². The summed E-state index contributed by atoms with van der Waals surface area (Å²) in [6, 6.07) is 5.65. The van der Waals surface area contributed by atoms with Gasteiger partial charge in [0.1, 0.15) is 17.4 Å². The van der Waals surface area contributed by atoms with E-state index in [1.165, 1.54) is 12.1 Å². The van der Waals surface area contributed by atoms with Crippen molar-refractivity contribution in [2.24, 2.45) is 0 Å². The van der Waals surface area contributed by atoms with Crippen LogP contribution in [0.1, 0.15) is 44.6 Å². The van der Waals surface area contributed by atoms with Crippen molar-refractivity contribution >= 4 is 34.3 Å². The maximum atomic E-state index is 14.9. The van der Waals surface area contributed by atoms with Gasteiger partial charge in [0.15, 0.2) is 5.82 Å². The van der Waals surface area contributed by atoms with Crippen molar-refractivity contribution in [1.82, 2.24) is 14.7 Å². The summed E-state index contributed by atoms with van der Waals surface area (Å²) in [5.74, 6) is 0.922. The van der Waals surface area contributed by atoms with Crippen molar-refractivity contribution in [3.05, 3.63) is 63.5 Å². The van der Waals surface area contributed by atoms with Crippen LogP contribution in [-0.2, 0) is 12.0 Å². The topological polar surface area (TPSA) is 114 Å². The van der Waals surface area contributed by atoms with Crippen molar-refractivity contribution in [1.29, 1.82) is 0 Å². The van der Waals surface area contributed by atoms with Crippen LogP contribution >= 0.6 is 0 Å². The molecule has 0 saturated heterocycles. The number of carbonyl (C=O) groups is 1. The Morgan fingerprint density at radius 3 is 2.46 bits per heavy atom. The molecule has 37 heavy (non-hydrogen) atoms. The van der Waals surface area contributed by atoms with E-state index in [2.05, 4.69) is 26.1 Å². The van der Waals surface area contributed by atoms with Gasteiger partial charge in [0.25, 0.3) is 5.56 Å². The minimum absolute atomic E-state index is 0.0681. The van der Waals surface area contributed by atoms with Gasteiger partial charge in [-0.15, -0.1) is 0 Å². The van der Waals surface area contributed by atoms with E-state index in [1.54, 1.807) is 37.7 Å². The minimum Gasteiger partial charge on any atom is -0.373 e. The molecule has 0 radical (unpaired) electrons. The van der Waals surface area contributed by atoms with Crippen molar-refractivity contribution in [2.45, 2.75) is 53.5 Å². The fourth-order valence-corrected chi connectivity index (χ4v) is 4.39. The first-order valence-electron chi connectivity index (χ1n) is 12.0. The summed E-state index contributed by atoms with van der Waals surface area (Å²) in [7, 11) is 1.76. The average molecular weight is 507 g/mol. The van der Waals surface area contributed by atoms with E-state index in [0.717, 1.165) is 10.9 Å². The number of nitrogens with one attached hydrogen (secondary N) is 3. The highest BCUT2D eigenvalue weighted by Crippen LogP contribution is 2.31. The van der Waals surface area contributed by atoms with Crippen molar-refractivity contribution in [3.8, 4) is 11.1 Å². The van der Waals surface area contributed by atoms with Crippen LogP contribution in [0.2, 0.25) is 0 Å². The monoisotopic (exact) mass is 506 g/mol. The molecule has 2 amide bonds. The van der Waals surface area contributed by atoms with Gasteiger partial charge in [-0.3, -0.25) is 10.1 Å². The smallest absolute Gasteiger partial charge is 0.325 e. The van der Waals surface area contributed by atoms with Gasteiger partial charge >= 0.3 is 6.03 Å². The number of amides is 2. The van der Waals surface area contributed by atoms with Crippen LogP contribution in [0.3, 0.4) is 0 Å². The molecule has 0 aliphatic heterocycles. The molecule has 0 aliphatic carbocycles. The van der Waals surface area contributed by atoms with Crippen LogP contribution in [0.4, 0.5) is 26.5 Å². The number of fused-ring (bicyclic) bond motifs is 1. The second-order valence-electron chi connectivity index (χ2n) is 9.95. The number of hydrogen-bond donors (Lipinski definition) is 3. The van der Waals surface area contributed by atoms with E-state index >= 15 is 0 Å². The predicted octanol–water partition coefficient (Wildman–Crippen LogP) is 5.81. The van der Waals surface area contributed by atoms with Crippen molar-refractivity contribution in [2.75, 3.05) is 23.0 Å². The Morgan fingerprint density at radius 1 is 1.11 bits per heavy atom. The second-order valence-corrected chi connectivity index (χ2v) is 9.95. The average Bonchev–Trinajstić information content (AvgIpc) is 3.20. The van der Waals surface area contributed by atoms with Crippen LogP contribution in [0.25, 0.3) is 22.0 Å². The maximum absolute atomic E-state index is 14.9. The SMILES string of the molecule is CCn1c(=O)c(-c2cc(NC(=O)Nc3noc(C(C)(C)C)c3C)c(F)cc2C)cc2cnc(NC)cc21. The molecule has 4 aromatic rings. The molecule has 3 heterocycles. The van der Waals surface area contributed by atoms with Crippen molar-refractivity contribution in [3.63, 3.8) is 0 Å². The van der Waals surface area contributed by atoms with Crippen LogP contribution in [0.5, 0.6) is 0 Å². The number of aromatic nitrogens is 3. The van der Waals surface area contributed by atoms with E-state index in [4.69, 9.17) is 4.52 Å². The fraction of sp³-hybridized carbons (Fsp3) is 0.333. The standard InChI is InChI=1S/C27H31FN6O3/c1-8-34-21-12-22(29-7)30-13-16(21)10-18(25(34)35)17-11-20(19(28)9-14(17)2)31-26(36)32-24-15(3)23(37-33-24)27(4,5)6/h9-13H,8H2,1-7H3,(H,29,30)(H2,31,32,33,36). The molecule has 0 aliphatic rings. The number of benzene rings is 1. The number of rotatable bonds is 5. The van der Waals surface area contributed by atoms with Gasteiger partial charge in [0, 0.05) is 47.8 Å². The number of carbonyl (C=O) groups excluding carboxylic acids is 1. The van der Waals surface area contributed by atoms with Crippen molar-refractivity contribution < 1.29 is 13.7 Å². The molecule has 0 unspecified atom stereocenters. The zero-order valence-corrected chi connectivity index (χ0v) is 22.0. The Bertz CT molecular complexity index is 1570. The van der Waals surface area contributed by atoms with Gasteiger partial charge in [-0.25, -0.2) is 14.2 Å². The quantitative estimate of drug-likeness (QED) is 0.315. The Morgan fingerprint density at radius 2 is 1.84 bits per heavy atom. The lowest BCUT2D eigenvalue weighted by atomic mass is 9.91. The molecule has 9 nitrogen and oxygen atoms in total. The third kappa shape index (κ3) is 4.91. The highest BCUT2D eigenvalue weighted by Gasteiger charge is 2.25. The maximum Gasteiger partial charge on any atom is 0.325 e. The van der Waals surface area contributed by atoms with Crippen LogP contribution in [0, 0.1) is 19.7 Å². The molecule has 10 heteroatoms. The molecule has 4 rings (SSSR count). The molecule has 3 N–H and O–H groups in total. The molecule has 194 valence electrons. The number of pyridine rings is 2. The Balaban J connectivity index is 1.71. The van der Waals surface area contributed by atoms with E-state index in [9.17, 15) is 14.0 Å². The summed E-state index contributed by atoms with van der Waals surface area (Å²) in [6.07, 6.45) is 1.69. The zero-order valence-electron chi connectivity index (χ0n) is 22.0. The lowest BCUT2D eigenvalue weighted by molar-refractivity contribution is 0.261. The van der Waals surface area contributed by atoms with Crippen LogP contribution in [0.15, 0.2) is 39.8 Å². The van der Waals surface area contributed by atoms with Gasteiger partial charge in [0.2, 0.25) is 0 Å². The number of anilines is 3. The number of nitrogens with zero attached hydrogens (tertiary/aromatic N) is 3. The Hall–Kier alpha value is -4.21. The first kappa shape index (κ1) is 25.9. The normalized spacial score (nSPS) is 11.6. The zero-order chi connectivity index (χ0) is 27.1. The van der Waals surface area contributed by atoms with Gasteiger partial charge < -0.3 is 19.7 Å². The van der Waals surface area contributed by atoms with Crippen LogP contribution < -0.4 is 21.5 Å². The minimum atomic E-state index is -0.682. The summed E-state index contributed by atoms with van der Waals surface area (Å²) >= 11 is 0. The van der Waals surface area contributed by atoms with Gasteiger partial charge in [-0.05, 0) is 50.1 Å². The molecular weight excluding hydrogens is 475 g/mol. The largest absolute Gasteiger partial charge is 0.373 e. The van der Waals surface area contributed by atoms with Gasteiger partial charge in [-0.2, -0.15) is 0 Å². The molecule has 3 aromatic heterocycles. The number of aryl methyl sites for hydroxylation is 2. The summed E-state index contributed by atoms with van der Waals surface area (Å²) < 4.78 is 21.9. The number of halogens is 1. The first-order valence-corrected chi connectivity index (χ1v) is 12.0. The van der Waals surface area contributed by atoms with Gasteiger partial charge in [0.05, 0.1) is 11.2 Å². The summed E-state index contributed by atoms with van der Waals surface area (Å²) in [5.41, 5.74) is 2.31. The molecule has 0 atom stereocenters. The highest BCUT2D eigenvalue weighted by atomic mass is 19.1. The van der Waals surface area contributed by atoms with E-state index in [0.29, 0.717) is 40.4 Å². The first-order chi connectivity index (χ1) is 17.4. The summed E-state index contributed by atoms with van der Waals surface area (Å²) in [6.45, 7) is 11.8. The number of hydrogen-bond acceptors (Lipinski definition) is 6. The lowest BCUT2D eigenvalue weighted by Gasteiger charge is -2.15. The summed E-state index contributed by atoms with van der Waals surface area (Å²) in [5, 5.41) is 12.8. The molecule has 0 spiro atoms. The lowest BCUT2D eigenvalue weighted by Crippen LogP contribution is -2.23. The van der Waals surface area contributed by atoms with E-state index < -0.39 is 11.8 Å². The fourth-order valence-electron chi connectivity index (χ4n) is 4.39. The van der Waals surface area contributed by atoms with E-state index in [-0.39, 0.29) is 22.5 Å². The second kappa shape index (κ2) is 9.68. The Kier molecular flexibility index (Phi) is 6.77. The van der Waals surface area contributed by atoms with Crippen LogP contribution in [-0.4, -0.2) is 27.8 Å². The Labute approximate surface area is 214 Å². The summed E-state index contributed by atoms with van der Waals surface area (Å²) in [4.78, 5) is 30.5. The number of urea groups is 1. The molecule has 0 fully saturated rings. The predicted molar refractivity (Wildman–Crippen MR) is 144 cm³/mol. The molecule has 1 aromatic carbocycles.